The lowest BCUT2D eigenvalue weighted by atomic mass is 10.1. The normalized spacial score (nSPS) is 9.80. The van der Waals surface area contributed by atoms with E-state index < -0.39 is 0 Å². The van der Waals surface area contributed by atoms with Gasteiger partial charge in [0.05, 0.1) is 18.2 Å². The first-order valence-corrected chi connectivity index (χ1v) is 6.81. The SMILES string of the molecule is CCN(CCO)C(=O)c1ccc(C#CCCO)c(Cl)c1. The lowest BCUT2D eigenvalue weighted by Crippen LogP contribution is -2.33. The van der Waals surface area contributed by atoms with E-state index in [2.05, 4.69) is 11.8 Å². The quantitative estimate of drug-likeness (QED) is 0.810. The summed E-state index contributed by atoms with van der Waals surface area (Å²) >= 11 is 6.09. The molecule has 0 radical (unpaired) electrons. The first-order chi connectivity index (χ1) is 9.63. The Kier molecular flexibility index (Phi) is 7.10. The van der Waals surface area contributed by atoms with Crippen molar-refractivity contribution in [2.75, 3.05) is 26.3 Å². The van der Waals surface area contributed by atoms with Crippen LogP contribution in [0.2, 0.25) is 5.02 Å². The van der Waals surface area contributed by atoms with Crippen LogP contribution in [0.3, 0.4) is 0 Å². The average Bonchev–Trinajstić information content (AvgIpc) is 2.46. The summed E-state index contributed by atoms with van der Waals surface area (Å²) in [5, 5.41) is 18.0. The fourth-order valence-electron chi connectivity index (χ4n) is 1.67. The molecule has 0 aliphatic carbocycles. The van der Waals surface area contributed by atoms with Crippen molar-refractivity contribution in [3.63, 3.8) is 0 Å². The summed E-state index contributed by atoms with van der Waals surface area (Å²) < 4.78 is 0. The Labute approximate surface area is 124 Å². The molecule has 4 nitrogen and oxygen atoms in total. The van der Waals surface area contributed by atoms with Gasteiger partial charge in [0, 0.05) is 30.6 Å². The summed E-state index contributed by atoms with van der Waals surface area (Å²) in [7, 11) is 0. The van der Waals surface area contributed by atoms with Gasteiger partial charge in [-0.15, -0.1) is 0 Å². The zero-order chi connectivity index (χ0) is 15.0. The topological polar surface area (TPSA) is 60.8 Å². The number of halogens is 1. The van der Waals surface area contributed by atoms with E-state index in [1.807, 2.05) is 6.92 Å². The molecule has 0 bridgehead atoms. The fourth-order valence-corrected chi connectivity index (χ4v) is 1.90. The van der Waals surface area contributed by atoms with Crippen LogP contribution in [0.4, 0.5) is 0 Å². The van der Waals surface area contributed by atoms with Crippen molar-refractivity contribution in [3.8, 4) is 11.8 Å². The summed E-state index contributed by atoms with van der Waals surface area (Å²) in [6, 6.07) is 4.93. The first-order valence-electron chi connectivity index (χ1n) is 6.43. The number of carbonyl (C=O) groups is 1. The highest BCUT2D eigenvalue weighted by Crippen LogP contribution is 2.18. The van der Waals surface area contributed by atoms with Gasteiger partial charge in [-0.2, -0.15) is 0 Å². The van der Waals surface area contributed by atoms with Gasteiger partial charge < -0.3 is 15.1 Å². The molecule has 2 N–H and O–H groups in total. The van der Waals surface area contributed by atoms with Crippen molar-refractivity contribution in [1.82, 2.24) is 4.90 Å². The second-order valence-corrected chi connectivity index (χ2v) is 4.49. The highest BCUT2D eigenvalue weighted by atomic mass is 35.5. The smallest absolute Gasteiger partial charge is 0.253 e. The molecule has 108 valence electrons. The summed E-state index contributed by atoms with van der Waals surface area (Å²) in [4.78, 5) is 13.7. The van der Waals surface area contributed by atoms with Crippen molar-refractivity contribution in [2.45, 2.75) is 13.3 Å². The van der Waals surface area contributed by atoms with Gasteiger partial charge in [0.1, 0.15) is 0 Å². The largest absolute Gasteiger partial charge is 0.395 e. The van der Waals surface area contributed by atoms with Crippen LogP contribution in [-0.2, 0) is 0 Å². The third kappa shape index (κ3) is 4.53. The Morgan fingerprint density at radius 1 is 1.35 bits per heavy atom. The van der Waals surface area contributed by atoms with E-state index >= 15 is 0 Å². The molecule has 5 heteroatoms. The summed E-state index contributed by atoms with van der Waals surface area (Å²) in [6.07, 6.45) is 0.386. The van der Waals surface area contributed by atoms with Crippen molar-refractivity contribution in [1.29, 1.82) is 0 Å². The van der Waals surface area contributed by atoms with E-state index in [1.165, 1.54) is 0 Å². The molecule has 0 spiro atoms. The molecule has 1 rings (SSSR count). The number of carbonyl (C=O) groups excluding carboxylic acids is 1. The highest BCUT2D eigenvalue weighted by molar-refractivity contribution is 6.32. The summed E-state index contributed by atoms with van der Waals surface area (Å²) in [6.45, 7) is 2.61. The Morgan fingerprint density at radius 3 is 2.65 bits per heavy atom. The van der Waals surface area contributed by atoms with Gasteiger partial charge in [-0.3, -0.25) is 4.79 Å². The number of aliphatic hydroxyl groups is 2. The van der Waals surface area contributed by atoms with E-state index in [9.17, 15) is 4.79 Å². The second kappa shape index (κ2) is 8.60. The van der Waals surface area contributed by atoms with Crippen molar-refractivity contribution in [3.05, 3.63) is 34.3 Å². The molecule has 20 heavy (non-hydrogen) atoms. The van der Waals surface area contributed by atoms with Crippen LogP contribution in [0.25, 0.3) is 0 Å². The van der Waals surface area contributed by atoms with Crippen LogP contribution in [0, 0.1) is 11.8 Å². The predicted octanol–water partition coefficient (Wildman–Crippen LogP) is 1.53. The molecule has 1 amide bonds. The predicted molar refractivity (Wildman–Crippen MR) is 78.7 cm³/mol. The minimum absolute atomic E-state index is 0.00775. The zero-order valence-electron chi connectivity index (χ0n) is 11.4. The molecule has 0 fully saturated rings. The number of amides is 1. The van der Waals surface area contributed by atoms with E-state index in [-0.39, 0.29) is 19.1 Å². The minimum atomic E-state index is -0.168. The molecule has 1 aromatic rings. The number of rotatable bonds is 5. The van der Waals surface area contributed by atoms with Crippen molar-refractivity contribution < 1.29 is 15.0 Å². The van der Waals surface area contributed by atoms with E-state index in [0.717, 1.165) is 0 Å². The fraction of sp³-hybridized carbons (Fsp3) is 0.400. The molecule has 0 atom stereocenters. The number of aliphatic hydroxyl groups excluding tert-OH is 2. The van der Waals surface area contributed by atoms with Crippen molar-refractivity contribution >= 4 is 17.5 Å². The molecule has 0 aliphatic rings. The molecule has 0 aromatic heterocycles. The van der Waals surface area contributed by atoms with Crippen LogP contribution < -0.4 is 0 Å². The zero-order valence-corrected chi connectivity index (χ0v) is 12.2. The molecule has 0 aliphatic heterocycles. The third-order valence-electron chi connectivity index (χ3n) is 2.71. The van der Waals surface area contributed by atoms with Crippen LogP contribution in [0.5, 0.6) is 0 Å². The maximum Gasteiger partial charge on any atom is 0.253 e. The Morgan fingerprint density at radius 2 is 2.10 bits per heavy atom. The standard InChI is InChI=1S/C15H18ClNO3/c1-2-17(8-10-19)15(20)13-7-6-12(14(16)11-13)5-3-4-9-18/h6-7,11,18-19H,2,4,8-10H2,1H3. The van der Waals surface area contributed by atoms with Gasteiger partial charge >= 0.3 is 0 Å². The van der Waals surface area contributed by atoms with Crippen LogP contribution in [0.1, 0.15) is 29.3 Å². The van der Waals surface area contributed by atoms with Crippen LogP contribution >= 0.6 is 11.6 Å². The Balaban J connectivity index is 2.92. The molecular formula is C15H18ClNO3. The molecular weight excluding hydrogens is 278 g/mol. The maximum absolute atomic E-state index is 12.2. The summed E-state index contributed by atoms with van der Waals surface area (Å²) in [5.74, 6) is 5.46. The number of likely N-dealkylation sites (N-methyl/N-ethyl adjacent to an activating group) is 1. The maximum atomic E-state index is 12.2. The number of nitrogens with zero attached hydrogens (tertiary/aromatic N) is 1. The second-order valence-electron chi connectivity index (χ2n) is 4.08. The number of hydrogen-bond acceptors (Lipinski definition) is 3. The van der Waals surface area contributed by atoms with Gasteiger partial charge in [0.15, 0.2) is 0 Å². The van der Waals surface area contributed by atoms with Crippen LogP contribution in [-0.4, -0.2) is 47.3 Å². The monoisotopic (exact) mass is 295 g/mol. The molecule has 0 saturated carbocycles. The Bertz CT molecular complexity index is 520. The molecule has 0 unspecified atom stereocenters. The Hall–Kier alpha value is -1.54. The highest BCUT2D eigenvalue weighted by Gasteiger charge is 2.14. The van der Waals surface area contributed by atoms with E-state index in [0.29, 0.717) is 35.7 Å². The third-order valence-corrected chi connectivity index (χ3v) is 3.03. The number of hydrogen-bond donors (Lipinski definition) is 2. The van der Waals surface area contributed by atoms with Crippen molar-refractivity contribution in [2.24, 2.45) is 0 Å². The molecule has 0 heterocycles. The summed E-state index contributed by atoms with van der Waals surface area (Å²) in [5.41, 5.74) is 1.10. The van der Waals surface area contributed by atoms with Gasteiger partial charge in [0.25, 0.3) is 5.91 Å². The average molecular weight is 296 g/mol. The van der Waals surface area contributed by atoms with Gasteiger partial charge in [0.2, 0.25) is 0 Å². The van der Waals surface area contributed by atoms with E-state index in [4.69, 9.17) is 21.8 Å². The lowest BCUT2D eigenvalue weighted by Gasteiger charge is -2.19. The molecule has 1 aromatic carbocycles. The molecule has 0 saturated heterocycles. The van der Waals surface area contributed by atoms with Crippen LogP contribution in [0.15, 0.2) is 18.2 Å². The minimum Gasteiger partial charge on any atom is -0.395 e. The van der Waals surface area contributed by atoms with E-state index in [1.54, 1.807) is 23.1 Å². The number of benzene rings is 1. The van der Waals surface area contributed by atoms with Gasteiger partial charge in [-0.25, -0.2) is 0 Å². The van der Waals surface area contributed by atoms with Gasteiger partial charge in [-0.05, 0) is 25.1 Å². The van der Waals surface area contributed by atoms with Gasteiger partial charge in [-0.1, -0.05) is 23.4 Å². The first kappa shape index (κ1) is 16.5. The lowest BCUT2D eigenvalue weighted by molar-refractivity contribution is 0.0732.